The standard InChI is InChI=1S/C14H19F3N2/c1-2-10-4-3-5-19(10)13(8-18)9-6-11(15)14(17)12(16)7-9/h6-7,10,13H,2-5,8,18H2,1H3. The average Bonchev–Trinajstić information content (AvgIpc) is 2.85. The molecule has 2 atom stereocenters. The molecule has 1 aliphatic heterocycles. The lowest BCUT2D eigenvalue weighted by Crippen LogP contribution is -2.37. The Bertz CT molecular complexity index is 427. The summed E-state index contributed by atoms with van der Waals surface area (Å²) >= 11 is 0. The van der Waals surface area contributed by atoms with Crippen LogP contribution in [0.25, 0.3) is 0 Å². The van der Waals surface area contributed by atoms with Crippen LogP contribution in [-0.2, 0) is 0 Å². The first-order valence-electron chi connectivity index (χ1n) is 6.68. The van der Waals surface area contributed by atoms with Gasteiger partial charge in [-0.15, -0.1) is 0 Å². The number of hydrogen-bond acceptors (Lipinski definition) is 2. The largest absolute Gasteiger partial charge is 0.329 e. The maximum atomic E-state index is 13.3. The highest BCUT2D eigenvalue weighted by Gasteiger charge is 2.30. The second kappa shape index (κ2) is 5.92. The first-order chi connectivity index (χ1) is 9.08. The minimum atomic E-state index is -1.42. The summed E-state index contributed by atoms with van der Waals surface area (Å²) in [6.45, 7) is 3.21. The van der Waals surface area contributed by atoms with Gasteiger partial charge in [0.15, 0.2) is 17.5 Å². The van der Waals surface area contributed by atoms with E-state index < -0.39 is 17.5 Å². The molecule has 106 valence electrons. The molecule has 1 heterocycles. The molecule has 0 saturated carbocycles. The van der Waals surface area contributed by atoms with Crippen molar-refractivity contribution < 1.29 is 13.2 Å². The third kappa shape index (κ3) is 2.77. The van der Waals surface area contributed by atoms with Gasteiger partial charge in [-0.05, 0) is 43.5 Å². The van der Waals surface area contributed by atoms with E-state index in [0.29, 0.717) is 11.6 Å². The van der Waals surface area contributed by atoms with Crippen molar-refractivity contribution in [3.63, 3.8) is 0 Å². The van der Waals surface area contributed by atoms with E-state index in [9.17, 15) is 13.2 Å². The van der Waals surface area contributed by atoms with Crippen molar-refractivity contribution in [3.8, 4) is 0 Å². The molecule has 5 heteroatoms. The lowest BCUT2D eigenvalue weighted by molar-refractivity contribution is 0.179. The Kier molecular flexibility index (Phi) is 4.47. The molecule has 19 heavy (non-hydrogen) atoms. The van der Waals surface area contributed by atoms with Crippen LogP contribution in [0.5, 0.6) is 0 Å². The molecule has 2 rings (SSSR count). The third-order valence-electron chi connectivity index (χ3n) is 3.91. The predicted octanol–water partition coefficient (Wildman–Crippen LogP) is 2.98. The first kappa shape index (κ1) is 14.3. The Balaban J connectivity index is 2.31. The predicted molar refractivity (Wildman–Crippen MR) is 68.1 cm³/mol. The zero-order chi connectivity index (χ0) is 14.0. The molecule has 1 saturated heterocycles. The van der Waals surface area contributed by atoms with Gasteiger partial charge < -0.3 is 5.73 Å². The minimum absolute atomic E-state index is 0.253. The molecule has 2 unspecified atom stereocenters. The second-order valence-electron chi connectivity index (χ2n) is 4.99. The fourth-order valence-corrected chi connectivity index (χ4v) is 2.94. The van der Waals surface area contributed by atoms with Gasteiger partial charge in [-0.2, -0.15) is 0 Å². The van der Waals surface area contributed by atoms with E-state index in [1.165, 1.54) is 0 Å². The van der Waals surface area contributed by atoms with Gasteiger partial charge in [0.25, 0.3) is 0 Å². The maximum Gasteiger partial charge on any atom is 0.194 e. The number of nitrogens with two attached hydrogens (primary N) is 1. The smallest absolute Gasteiger partial charge is 0.194 e. The molecule has 0 amide bonds. The van der Waals surface area contributed by atoms with Crippen LogP contribution in [0.4, 0.5) is 13.2 Å². The third-order valence-corrected chi connectivity index (χ3v) is 3.91. The van der Waals surface area contributed by atoms with Crippen LogP contribution in [-0.4, -0.2) is 24.0 Å². The van der Waals surface area contributed by atoms with E-state index in [-0.39, 0.29) is 12.6 Å². The fourth-order valence-electron chi connectivity index (χ4n) is 2.94. The summed E-state index contributed by atoms with van der Waals surface area (Å²) in [7, 11) is 0. The van der Waals surface area contributed by atoms with Crippen LogP contribution in [0.15, 0.2) is 12.1 Å². The summed E-state index contributed by atoms with van der Waals surface area (Å²) in [6.07, 6.45) is 3.10. The van der Waals surface area contributed by atoms with E-state index in [0.717, 1.165) is 37.9 Å². The Hall–Kier alpha value is -1.07. The van der Waals surface area contributed by atoms with Crippen molar-refractivity contribution in [3.05, 3.63) is 35.1 Å². The molecule has 0 aromatic heterocycles. The van der Waals surface area contributed by atoms with Crippen molar-refractivity contribution >= 4 is 0 Å². The van der Waals surface area contributed by atoms with Crippen LogP contribution in [0, 0.1) is 17.5 Å². The lowest BCUT2D eigenvalue weighted by Gasteiger charge is -2.32. The molecule has 1 aromatic carbocycles. The Morgan fingerprint density at radius 3 is 2.47 bits per heavy atom. The topological polar surface area (TPSA) is 29.3 Å². The molecule has 2 nitrogen and oxygen atoms in total. The summed E-state index contributed by atoms with van der Waals surface area (Å²) in [4.78, 5) is 2.17. The molecule has 0 aliphatic carbocycles. The summed E-state index contributed by atoms with van der Waals surface area (Å²) in [5, 5.41) is 0. The van der Waals surface area contributed by atoms with Crippen LogP contribution < -0.4 is 5.73 Å². The molecule has 1 aliphatic rings. The van der Waals surface area contributed by atoms with Gasteiger partial charge in [0.05, 0.1) is 0 Å². The van der Waals surface area contributed by atoms with Crippen molar-refractivity contribution in [2.75, 3.05) is 13.1 Å². The number of halogens is 3. The zero-order valence-electron chi connectivity index (χ0n) is 11.0. The Morgan fingerprint density at radius 1 is 1.32 bits per heavy atom. The van der Waals surface area contributed by atoms with E-state index in [2.05, 4.69) is 11.8 Å². The molecule has 1 fully saturated rings. The van der Waals surface area contributed by atoms with Crippen molar-refractivity contribution in [1.29, 1.82) is 0 Å². The van der Waals surface area contributed by atoms with Gasteiger partial charge in [-0.3, -0.25) is 4.90 Å². The summed E-state index contributed by atoms with van der Waals surface area (Å²) in [6, 6.07) is 2.24. The van der Waals surface area contributed by atoms with Gasteiger partial charge >= 0.3 is 0 Å². The normalized spacial score (nSPS) is 21.8. The van der Waals surface area contributed by atoms with Crippen LogP contribution >= 0.6 is 0 Å². The Labute approximate surface area is 111 Å². The summed E-state index contributed by atoms with van der Waals surface area (Å²) in [5.41, 5.74) is 6.18. The summed E-state index contributed by atoms with van der Waals surface area (Å²) < 4.78 is 39.7. The number of nitrogens with zero attached hydrogens (tertiary/aromatic N) is 1. The highest BCUT2D eigenvalue weighted by molar-refractivity contribution is 5.23. The first-order valence-corrected chi connectivity index (χ1v) is 6.68. The van der Waals surface area contributed by atoms with Gasteiger partial charge in [0.1, 0.15) is 0 Å². The van der Waals surface area contributed by atoms with E-state index >= 15 is 0 Å². The molecule has 2 N–H and O–H groups in total. The Morgan fingerprint density at radius 2 is 1.95 bits per heavy atom. The van der Waals surface area contributed by atoms with Gasteiger partial charge in [-0.25, -0.2) is 13.2 Å². The number of hydrogen-bond donors (Lipinski definition) is 1. The molecular formula is C14H19F3N2. The zero-order valence-corrected chi connectivity index (χ0v) is 11.0. The van der Waals surface area contributed by atoms with E-state index in [1.807, 2.05) is 0 Å². The van der Waals surface area contributed by atoms with Gasteiger partial charge in [0, 0.05) is 18.6 Å². The molecular weight excluding hydrogens is 253 g/mol. The minimum Gasteiger partial charge on any atom is -0.329 e. The molecule has 1 aromatic rings. The molecule has 0 bridgehead atoms. The van der Waals surface area contributed by atoms with Crippen LogP contribution in [0.1, 0.15) is 37.8 Å². The maximum absolute atomic E-state index is 13.3. The quantitative estimate of drug-likeness (QED) is 0.854. The van der Waals surface area contributed by atoms with Crippen molar-refractivity contribution in [2.24, 2.45) is 5.73 Å². The monoisotopic (exact) mass is 272 g/mol. The van der Waals surface area contributed by atoms with Crippen molar-refractivity contribution in [1.82, 2.24) is 4.90 Å². The van der Waals surface area contributed by atoms with Crippen LogP contribution in [0.3, 0.4) is 0 Å². The van der Waals surface area contributed by atoms with Crippen LogP contribution in [0.2, 0.25) is 0 Å². The highest BCUT2D eigenvalue weighted by Crippen LogP contribution is 2.31. The second-order valence-corrected chi connectivity index (χ2v) is 4.99. The van der Waals surface area contributed by atoms with E-state index in [1.54, 1.807) is 0 Å². The molecule has 0 spiro atoms. The number of benzene rings is 1. The SMILES string of the molecule is CCC1CCCN1C(CN)c1cc(F)c(F)c(F)c1. The van der Waals surface area contributed by atoms with Gasteiger partial charge in [0.2, 0.25) is 0 Å². The van der Waals surface area contributed by atoms with E-state index in [4.69, 9.17) is 5.73 Å². The summed E-state index contributed by atoms with van der Waals surface area (Å²) in [5.74, 6) is -3.73. The fraction of sp³-hybridized carbons (Fsp3) is 0.571. The number of rotatable bonds is 4. The van der Waals surface area contributed by atoms with Crippen molar-refractivity contribution in [2.45, 2.75) is 38.3 Å². The van der Waals surface area contributed by atoms with Gasteiger partial charge in [-0.1, -0.05) is 6.92 Å². The highest BCUT2D eigenvalue weighted by atomic mass is 19.2. The average molecular weight is 272 g/mol. The molecule has 0 radical (unpaired) electrons. The lowest BCUT2D eigenvalue weighted by atomic mass is 10.0. The number of likely N-dealkylation sites (tertiary alicyclic amines) is 1.